The van der Waals surface area contributed by atoms with Crippen molar-refractivity contribution in [3.63, 3.8) is 0 Å². The molecule has 0 aromatic carbocycles. The topological polar surface area (TPSA) is 96.7 Å². The van der Waals surface area contributed by atoms with Gasteiger partial charge in [0.25, 0.3) is 0 Å². The lowest BCUT2D eigenvalue weighted by Crippen LogP contribution is -2.43. The van der Waals surface area contributed by atoms with Crippen molar-refractivity contribution < 1.29 is 14.7 Å². The number of nitrogens with one attached hydrogen (secondary N) is 1. The van der Waals surface area contributed by atoms with Crippen LogP contribution < -0.4 is 5.32 Å². The molecule has 1 unspecified atom stereocenters. The van der Waals surface area contributed by atoms with Crippen LogP contribution in [0.4, 0.5) is 4.79 Å². The second-order valence-corrected chi connectivity index (χ2v) is 6.63. The van der Waals surface area contributed by atoms with E-state index in [1.807, 2.05) is 0 Å². The number of likely N-dealkylation sites (tertiary alicyclic amines) is 2. The molecular weight excluding hydrogens is 284 g/mol. The summed E-state index contributed by atoms with van der Waals surface area (Å²) in [5, 5.41) is 21.3. The maximum absolute atomic E-state index is 12.2. The number of fused-ring (bicyclic) bond motifs is 1. The minimum absolute atomic E-state index is 0.00766. The predicted octanol–water partition coefficient (Wildman–Crippen LogP) is 0.479. The van der Waals surface area contributed by atoms with Crippen LogP contribution in [-0.4, -0.2) is 65.2 Å². The third kappa shape index (κ3) is 2.88. The van der Waals surface area contributed by atoms with Gasteiger partial charge in [-0.2, -0.15) is 5.26 Å². The summed E-state index contributed by atoms with van der Waals surface area (Å²) in [6.45, 7) is 2.21. The van der Waals surface area contributed by atoms with Gasteiger partial charge in [-0.05, 0) is 37.5 Å². The number of hydrogen-bond donors (Lipinski definition) is 2. The van der Waals surface area contributed by atoms with Gasteiger partial charge in [-0.1, -0.05) is 0 Å². The van der Waals surface area contributed by atoms with Crippen molar-refractivity contribution in [3.8, 4) is 6.07 Å². The van der Waals surface area contributed by atoms with Gasteiger partial charge in [0.2, 0.25) is 5.91 Å². The highest BCUT2D eigenvalue weighted by molar-refractivity contribution is 5.79. The lowest BCUT2D eigenvalue weighted by molar-refractivity contribution is -0.130. The Morgan fingerprint density at radius 3 is 2.55 bits per heavy atom. The Labute approximate surface area is 129 Å². The van der Waals surface area contributed by atoms with E-state index in [4.69, 9.17) is 10.4 Å². The van der Waals surface area contributed by atoms with Crippen LogP contribution in [0.2, 0.25) is 0 Å². The minimum atomic E-state index is -0.828. The highest BCUT2D eigenvalue weighted by Crippen LogP contribution is 2.38. The van der Waals surface area contributed by atoms with Crippen LogP contribution >= 0.6 is 0 Å². The van der Waals surface area contributed by atoms with Crippen LogP contribution in [0.5, 0.6) is 0 Å². The average molecular weight is 306 g/mol. The van der Waals surface area contributed by atoms with E-state index in [-0.39, 0.29) is 24.5 Å². The molecule has 22 heavy (non-hydrogen) atoms. The van der Waals surface area contributed by atoms with Gasteiger partial charge in [-0.25, -0.2) is 4.79 Å². The molecular formula is C15H22N4O3. The molecule has 2 heterocycles. The average Bonchev–Trinajstić information content (AvgIpc) is 3.17. The van der Waals surface area contributed by atoms with Gasteiger partial charge in [0.05, 0.1) is 12.6 Å². The fourth-order valence-electron chi connectivity index (χ4n) is 4.16. The van der Waals surface area contributed by atoms with Crippen molar-refractivity contribution in [2.45, 2.75) is 37.8 Å². The van der Waals surface area contributed by atoms with E-state index >= 15 is 0 Å². The molecule has 7 nitrogen and oxygen atoms in total. The summed E-state index contributed by atoms with van der Waals surface area (Å²) >= 11 is 0. The van der Waals surface area contributed by atoms with Crippen molar-refractivity contribution >= 4 is 12.0 Å². The van der Waals surface area contributed by atoms with Gasteiger partial charge < -0.3 is 20.2 Å². The fourth-order valence-corrected chi connectivity index (χ4v) is 4.16. The first kappa shape index (κ1) is 15.1. The quantitative estimate of drug-likeness (QED) is 0.790. The number of carbonyl (C=O) groups is 2. The minimum Gasteiger partial charge on any atom is -0.465 e. The van der Waals surface area contributed by atoms with Gasteiger partial charge in [0.15, 0.2) is 0 Å². The van der Waals surface area contributed by atoms with Gasteiger partial charge in [-0.3, -0.25) is 4.79 Å². The molecule has 7 heteroatoms. The molecule has 0 bridgehead atoms. The molecule has 0 aromatic rings. The molecule has 0 radical (unpaired) electrons. The number of hydrogen-bond acceptors (Lipinski definition) is 4. The predicted molar refractivity (Wildman–Crippen MR) is 78.0 cm³/mol. The van der Waals surface area contributed by atoms with Crippen LogP contribution in [0.1, 0.15) is 25.7 Å². The Morgan fingerprint density at radius 2 is 1.95 bits per heavy atom. The molecule has 3 rings (SSSR count). The Hall–Kier alpha value is -1.81. The Balaban J connectivity index is 1.44. The first-order valence-electron chi connectivity index (χ1n) is 7.99. The van der Waals surface area contributed by atoms with Gasteiger partial charge >= 0.3 is 6.09 Å². The third-order valence-electron chi connectivity index (χ3n) is 5.29. The summed E-state index contributed by atoms with van der Waals surface area (Å²) in [7, 11) is 0. The number of nitrogens with zero attached hydrogens (tertiary/aromatic N) is 3. The zero-order valence-electron chi connectivity index (χ0n) is 12.6. The van der Waals surface area contributed by atoms with Crippen molar-refractivity contribution in [1.82, 2.24) is 15.1 Å². The second-order valence-electron chi connectivity index (χ2n) is 6.63. The van der Waals surface area contributed by atoms with E-state index in [0.717, 1.165) is 25.7 Å². The molecule has 120 valence electrons. The third-order valence-corrected chi connectivity index (χ3v) is 5.29. The summed E-state index contributed by atoms with van der Waals surface area (Å²) in [4.78, 5) is 26.3. The lowest BCUT2D eigenvalue weighted by atomic mass is 10.0. The first-order valence-corrected chi connectivity index (χ1v) is 7.99. The summed E-state index contributed by atoms with van der Waals surface area (Å²) < 4.78 is 0. The van der Waals surface area contributed by atoms with E-state index in [0.29, 0.717) is 31.5 Å². The summed E-state index contributed by atoms with van der Waals surface area (Å²) in [6, 6.07) is 2.21. The molecule has 3 aliphatic rings. The van der Waals surface area contributed by atoms with Crippen LogP contribution in [0.3, 0.4) is 0 Å². The highest BCUT2D eigenvalue weighted by atomic mass is 16.4. The molecule has 4 atom stereocenters. The number of carboxylic acid groups (broad SMARTS) is 1. The van der Waals surface area contributed by atoms with Crippen LogP contribution in [-0.2, 0) is 4.79 Å². The smallest absolute Gasteiger partial charge is 0.407 e. The normalized spacial score (nSPS) is 33.8. The monoisotopic (exact) mass is 306 g/mol. The zero-order valence-corrected chi connectivity index (χ0v) is 12.6. The van der Waals surface area contributed by atoms with E-state index in [9.17, 15) is 9.59 Å². The summed E-state index contributed by atoms with van der Waals surface area (Å²) in [6.07, 6.45) is 2.72. The molecule has 0 aromatic heterocycles. The van der Waals surface area contributed by atoms with E-state index in [2.05, 4.69) is 11.4 Å². The van der Waals surface area contributed by atoms with Crippen LogP contribution in [0.25, 0.3) is 0 Å². The number of rotatable bonds is 3. The first-order chi connectivity index (χ1) is 10.6. The van der Waals surface area contributed by atoms with E-state index < -0.39 is 6.09 Å². The molecule has 1 aliphatic carbocycles. The SMILES string of the molecule is N#C[C@@H]1CCCN1C(=O)CNC1C[C@@H]2CN(C(=O)O)C[C@@H]2C1. The Kier molecular flexibility index (Phi) is 4.21. The molecule has 2 N–H and O–H groups in total. The lowest BCUT2D eigenvalue weighted by Gasteiger charge is -2.22. The number of nitriles is 1. The Morgan fingerprint density at radius 1 is 1.27 bits per heavy atom. The van der Waals surface area contributed by atoms with Gasteiger partial charge in [0.1, 0.15) is 6.04 Å². The van der Waals surface area contributed by atoms with Gasteiger partial charge in [0, 0.05) is 25.7 Å². The largest absolute Gasteiger partial charge is 0.465 e. The molecule has 2 amide bonds. The maximum Gasteiger partial charge on any atom is 0.407 e. The maximum atomic E-state index is 12.2. The van der Waals surface area contributed by atoms with Crippen LogP contribution in [0, 0.1) is 23.2 Å². The molecule has 2 aliphatic heterocycles. The van der Waals surface area contributed by atoms with Crippen LogP contribution in [0.15, 0.2) is 0 Å². The molecule has 2 saturated heterocycles. The number of amides is 2. The zero-order chi connectivity index (χ0) is 15.7. The standard InChI is InChI=1S/C15H22N4O3/c16-6-13-2-1-3-19(13)14(20)7-17-12-4-10-8-18(15(21)22)9-11(10)5-12/h10-13,17H,1-5,7-9H2,(H,21,22)/t10-,11+,12?,13-/m0/s1. The molecule has 0 spiro atoms. The van der Waals surface area contributed by atoms with Crippen molar-refractivity contribution in [3.05, 3.63) is 0 Å². The summed E-state index contributed by atoms with van der Waals surface area (Å²) in [5.74, 6) is 0.845. The van der Waals surface area contributed by atoms with Gasteiger partial charge in [-0.15, -0.1) is 0 Å². The van der Waals surface area contributed by atoms with E-state index in [1.165, 1.54) is 4.90 Å². The fraction of sp³-hybridized carbons (Fsp3) is 0.800. The molecule has 1 saturated carbocycles. The Bertz CT molecular complexity index is 490. The molecule has 3 fully saturated rings. The highest BCUT2D eigenvalue weighted by Gasteiger charge is 2.42. The number of carbonyl (C=O) groups excluding carboxylic acids is 1. The van der Waals surface area contributed by atoms with Crippen molar-refractivity contribution in [2.75, 3.05) is 26.2 Å². The second kappa shape index (κ2) is 6.13. The van der Waals surface area contributed by atoms with E-state index in [1.54, 1.807) is 4.90 Å². The van der Waals surface area contributed by atoms with Crippen molar-refractivity contribution in [2.24, 2.45) is 11.8 Å². The van der Waals surface area contributed by atoms with Crippen molar-refractivity contribution in [1.29, 1.82) is 5.26 Å². The summed E-state index contributed by atoms with van der Waals surface area (Å²) in [5.41, 5.74) is 0.